The van der Waals surface area contributed by atoms with Gasteiger partial charge in [-0.3, -0.25) is 13.9 Å². The van der Waals surface area contributed by atoms with Crippen molar-refractivity contribution < 1.29 is 46.2 Å². The monoisotopic (exact) mass is 577 g/mol. The number of hydrogen-bond acceptors (Lipinski definition) is 10. The van der Waals surface area contributed by atoms with Crippen LogP contribution in [0, 0.1) is 11.7 Å². The van der Waals surface area contributed by atoms with Gasteiger partial charge in [-0.1, -0.05) is 25.1 Å². The van der Waals surface area contributed by atoms with Gasteiger partial charge in [-0.25, -0.2) is 22.5 Å². The maximum Gasteiger partial charge on any atom is 0.380 e. The SMILES string of the molecule is CC(C)OC(=O)[C@H](C)C[P@@](=O)(Oc1ccccc1)O[C@@H](C)[C@H]1O[C@@H](n2cc(F)c(N)nc2=O)C(F)(CF)[C@H]1O. The van der Waals surface area contributed by atoms with Crippen molar-refractivity contribution >= 4 is 19.4 Å². The van der Waals surface area contributed by atoms with Crippen LogP contribution in [0.2, 0.25) is 0 Å². The molecule has 1 fully saturated rings. The van der Waals surface area contributed by atoms with E-state index in [-0.39, 0.29) is 5.75 Å². The highest BCUT2D eigenvalue weighted by atomic mass is 31.2. The summed E-state index contributed by atoms with van der Waals surface area (Å²) in [5.41, 5.74) is 0.757. The van der Waals surface area contributed by atoms with E-state index >= 15 is 4.39 Å². The van der Waals surface area contributed by atoms with Crippen molar-refractivity contribution in [3.8, 4) is 5.75 Å². The number of nitrogens with zero attached hydrogens (tertiary/aromatic N) is 2. The molecular weight excluding hydrogens is 546 g/mol. The Labute approximate surface area is 222 Å². The van der Waals surface area contributed by atoms with E-state index in [1.54, 1.807) is 32.0 Å². The van der Waals surface area contributed by atoms with Crippen molar-refractivity contribution in [1.82, 2.24) is 9.55 Å². The molecule has 0 radical (unpaired) electrons. The van der Waals surface area contributed by atoms with Crippen LogP contribution >= 0.6 is 7.60 Å². The lowest BCUT2D eigenvalue weighted by molar-refractivity contribution is -0.151. The summed E-state index contributed by atoms with van der Waals surface area (Å²) in [7, 11) is -4.26. The predicted octanol–water partition coefficient (Wildman–Crippen LogP) is 3.17. The fourth-order valence-corrected chi connectivity index (χ4v) is 6.10. The highest BCUT2D eigenvalue weighted by Crippen LogP contribution is 2.53. The number of alkyl halides is 2. The molecule has 11 nitrogen and oxygen atoms in total. The molecule has 1 aliphatic heterocycles. The number of para-hydroxylation sites is 1. The van der Waals surface area contributed by atoms with Gasteiger partial charge < -0.3 is 24.8 Å². The van der Waals surface area contributed by atoms with E-state index in [4.69, 9.17) is 24.3 Å². The number of benzene rings is 1. The molecule has 1 aromatic heterocycles. The molecular formula is C24H31F3N3O8P. The van der Waals surface area contributed by atoms with Crippen molar-refractivity contribution in [2.24, 2.45) is 5.92 Å². The molecule has 1 aromatic carbocycles. The summed E-state index contributed by atoms with van der Waals surface area (Å²) in [5.74, 6) is -3.49. The molecule has 39 heavy (non-hydrogen) atoms. The van der Waals surface area contributed by atoms with E-state index in [1.165, 1.54) is 26.0 Å². The van der Waals surface area contributed by atoms with Gasteiger partial charge in [0.2, 0.25) is 5.67 Å². The number of nitrogens with two attached hydrogens (primary N) is 1. The second-order valence-electron chi connectivity index (χ2n) is 9.52. The molecule has 15 heteroatoms. The van der Waals surface area contributed by atoms with Gasteiger partial charge >= 0.3 is 19.3 Å². The van der Waals surface area contributed by atoms with Crippen molar-refractivity contribution in [2.75, 3.05) is 18.6 Å². The van der Waals surface area contributed by atoms with Gasteiger partial charge in [-0.2, -0.15) is 4.98 Å². The molecule has 0 aliphatic carbocycles. The average molecular weight is 577 g/mol. The second kappa shape index (κ2) is 12.1. The molecule has 3 N–H and O–H groups in total. The molecule has 7 atom stereocenters. The van der Waals surface area contributed by atoms with Crippen LogP contribution in [-0.4, -0.2) is 63.5 Å². The fourth-order valence-electron chi connectivity index (χ4n) is 4.01. The van der Waals surface area contributed by atoms with E-state index < -0.39 is 86.0 Å². The first kappa shape index (κ1) is 30.6. The van der Waals surface area contributed by atoms with Gasteiger partial charge in [0.25, 0.3) is 0 Å². The second-order valence-corrected chi connectivity index (χ2v) is 11.5. The smallest absolute Gasteiger partial charge is 0.380 e. The number of esters is 1. The number of carbonyl (C=O) groups is 1. The largest absolute Gasteiger partial charge is 0.463 e. The molecule has 0 spiro atoms. The summed E-state index contributed by atoms with van der Waals surface area (Å²) in [6, 6.07) is 7.86. The Balaban J connectivity index is 1.91. The zero-order valence-corrected chi connectivity index (χ0v) is 22.6. The van der Waals surface area contributed by atoms with Crippen LogP contribution in [0.5, 0.6) is 5.75 Å². The standard InChI is InChI=1S/C24H31F3N3O8P/c1-13(2)35-21(32)14(3)11-39(34,38-16-8-6-5-7-9-16)37-15(4)18-19(31)24(27,12-25)22(36-18)30-10-17(26)20(28)29-23(30)33/h5-10,13-15,18-19,22,31H,11-12H2,1-4H3,(H2,28,29,33)/t14-,15+,18-,19+,22-,24?,39+/m1/s1. The van der Waals surface area contributed by atoms with Crippen molar-refractivity contribution in [2.45, 2.75) is 64.0 Å². The van der Waals surface area contributed by atoms with E-state index in [1.807, 2.05) is 0 Å². The molecule has 1 aliphatic rings. The molecule has 1 unspecified atom stereocenters. The number of hydrogen-bond donors (Lipinski definition) is 2. The lowest BCUT2D eigenvalue weighted by Crippen LogP contribution is -2.48. The zero-order valence-electron chi connectivity index (χ0n) is 21.7. The fraction of sp³-hybridized carbons (Fsp3) is 0.542. The van der Waals surface area contributed by atoms with Crippen LogP contribution < -0.4 is 15.9 Å². The summed E-state index contributed by atoms with van der Waals surface area (Å²) in [6.45, 7) is 4.14. The minimum absolute atomic E-state index is 0.127. The maximum absolute atomic E-state index is 15.7. The van der Waals surface area contributed by atoms with Crippen LogP contribution in [0.1, 0.15) is 33.9 Å². The minimum atomic E-state index is -4.26. The quantitative estimate of drug-likeness (QED) is 0.301. The summed E-state index contributed by atoms with van der Waals surface area (Å²) in [4.78, 5) is 27.9. The Kier molecular flexibility index (Phi) is 9.47. The first-order valence-electron chi connectivity index (χ1n) is 12.1. The number of aliphatic hydroxyl groups is 1. The minimum Gasteiger partial charge on any atom is -0.463 e. The van der Waals surface area contributed by atoms with Crippen LogP contribution in [0.15, 0.2) is 41.3 Å². The Hall–Kier alpha value is -2.93. The van der Waals surface area contributed by atoms with Crippen LogP contribution in [-0.2, 0) is 23.4 Å². The van der Waals surface area contributed by atoms with E-state index in [2.05, 4.69) is 4.98 Å². The lowest BCUT2D eigenvalue weighted by Gasteiger charge is -2.29. The Bertz CT molecular complexity index is 1270. The number of anilines is 1. The molecule has 3 rings (SSSR count). The number of rotatable bonds is 11. The summed E-state index contributed by atoms with van der Waals surface area (Å²) >= 11 is 0. The normalized spacial score (nSPS) is 26.1. The molecule has 0 amide bonds. The Morgan fingerprint density at radius 1 is 1.28 bits per heavy atom. The predicted molar refractivity (Wildman–Crippen MR) is 133 cm³/mol. The van der Waals surface area contributed by atoms with Gasteiger partial charge in [-0.05, 0) is 32.9 Å². The third-order valence-electron chi connectivity index (χ3n) is 5.92. The van der Waals surface area contributed by atoms with Crippen LogP contribution in [0.25, 0.3) is 0 Å². The summed E-state index contributed by atoms with van der Waals surface area (Å²) < 4.78 is 79.8. The summed E-state index contributed by atoms with van der Waals surface area (Å²) in [6.07, 6.45) is -8.03. The van der Waals surface area contributed by atoms with Gasteiger partial charge in [0, 0.05) is 0 Å². The number of ether oxygens (including phenoxy) is 2. The van der Waals surface area contributed by atoms with Crippen molar-refractivity contribution in [3.05, 3.63) is 52.8 Å². The van der Waals surface area contributed by atoms with E-state index in [0.29, 0.717) is 10.8 Å². The molecule has 0 saturated carbocycles. The van der Waals surface area contributed by atoms with Crippen LogP contribution in [0.4, 0.5) is 19.0 Å². The first-order valence-corrected chi connectivity index (χ1v) is 13.8. The van der Waals surface area contributed by atoms with Gasteiger partial charge in [0.15, 0.2) is 17.9 Å². The third-order valence-corrected chi connectivity index (χ3v) is 8.06. The lowest BCUT2D eigenvalue weighted by atomic mass is 9.95. The highest BCUT2D eigenvalue weighted by Gasteiger charge is 2.61. The van der Waals surface area contributed by atoms with Crippen molar-refractivity contribution in [3.63, 3.8) is 0 Å². The van der Waals surface area contributed by atoms with Gasteiger partial charge in [-0.15, -0.1) is 0 Å². The maximum atomic E-state index is 15.7. The number of nitrogen functional groups attached to an aromatic ring is 1. The molecule has 216 valence electrons. The number of halogens is 3. The Morgan fingerprint density at radius 3 is 2.51 bits per heavy atom. The molecule has 0 bridgehead atoms. The average Bonchev–Trinajstić information content (AvgIpc) is 3.12. The highest BCUT2D eigenvalue weighted by molar-refractivity contribution is 7.54. The molecule has 2 heterocycles. The van der Waals surface area contributed by atoms with Gasteiger partial charge in [0.05, 0.1) is 30.5 Å². The van der Waals surface area contributed by atoms with Gasteiger partial charge in [0.1, 0.15) is 24.6 Å². The number of aromatic nitrogens is 2. The first-order chi connectivity index (χ1) is 18.2. The van der Waals surface area contributed by atoms with Crippen LogP contribution in [0.3, 0.4) is 0 Å². The number of aliphatic hydroxyl groups excluding tert-OH is 1. The number of carbonyl (C=O) groups excluding carboxylic acids is 1. The Morgan fingerprint density at radius 2 is 1.92 bits per heavy atom. The summed E-state index contributed by atoms with van der Waals surface area (Å²) in [5, 5.41) is 10.7. The zero-order chi connectivity index (χ0) is 29.1. The third kappa shape index (κ3) is 6.81. The topological polar surface area (TPSA) is 152 Å². The van der Waals surface area contributed by atoms with E-state index in [0.717, 1.165) is 0 Å². The molecule has 1 saturated heterocycles. The van der Waals surface area contributed by atoms with Crippen molar-refractivity contribution in [1.29, 1.82) is 0 Å². The molecule has 2 aromatic rings. The van der Waals surface area contributed by atoms with E-state index in [9.17, 15) is 28.0 Å².